The Balaban J connectivity index is 1.96. The second kappa shape index (κ2) is 9.34. The Kier molecular flexibility index (Phi) is 7.16. The number of benzene rings is 2. The van der Waals surface area contributed by atoms with E-state index < -0.39 is 0 Å². The monoisotopic (exact) mass is 370 g/mol. The maximum atomic E-state index is 12.4. The molecule has 2 aromatic rings. The molecular weight excluding hydrogens is 344 g/mol. The van der Waals surface area contributed by atoms with E-state index in [4.69, 9.17) is 17.0 Å². The number of amides is 1. The van der Waals surface area contributed by atoms with Gasteiger partial charge in [0.2, 0.25) is 0 Å². The van der Waals surface area contributed by atoms with E-state index in [1.807, 2.05) is 38.1 Å². The molecule has 5 heteroatoms. The Morgan fingerprint density at radius 2 is 1.92 bits per heavy atom. The van der Waals surface area contributed by atoms with Crippen LogP contribution in [0.3, 0.4) is 0 Å². The highest BCUT2D eigenvalue weighted by molar-refractivity contribution is 7.80. The summed E-state index contributed by atoms with van der Waals surface area (Å²) in [6.45, 7) is 8.94. The summed E-state index contributed by atoms with van der Waals surface area (Å²) in [6, 6.07) is 13.2. The molecule has 2 rings (SSSR count). The van der Waals surface area contributed by atoms with E-state index in [1.165, 1.54) is 0 Å². The number of carbonyl (C=O) groups is 1. The van der Waals surface area contributed by atoms with Gasteiger partial charge in [-0.25, -0.2) is 0 Å². The number of nitrogens with one attached hydrogen (secondary N) is 2. The molecule has 0 aliphatic carbocycles. The van der Waals surface area contributed by atoms with E-state index in [2.05, 4.69) is 24.5 Å². The molecule has 1 amide bonds. The average molecular weight is 371 g/mol. The van der Waals surface area contributed by atoms with Gasteiger partial charge in [0.1, 0.15) is 5.75 Å². The third-order valence-corrected chi connectivity index (χ3v) is 4.13. The van der Waals surface area contributed by atoms with Crippen molar-refractivity contribution in [1.82, 2.24) is 5.32 Å². The molecule has 2 N–H and O–H groups in total. The zero-order valence-electron chi connectivity index (χ0n) is 15.8. The van der Waals surface area contributed by atoms with Gasteiger partial charge in [-0.05, 0) is 73.8 Å². The molecule has 0 aliphatic rings. The summed E-state index contributed by atoms with van der Waals surface area (Å²) >= 11 is 5.27. The van der Waals surface area contributed by atoms with Crippen LogP contribution >= 0.6 is 12.2 Å². The fourth-order valence-corrected chi connectivity index (χ4v) is 2.54. The number of aryl methyl sites for hydroxylation is 2. The first-order chi connectivity index (χ1) is 12.3. The van der Waals surface area contributed by atoms with Crippen LogP contribution in [0.4, 0.5) is 5.69 Å². The minimum atomic E-state index is -0.262. The molecule has 4 nitrogen and oxygen atoms in total. The molecule has 0 aliphatic heterocycles. The van der Waals surface area contributed by atoms with E-state index in [9.17, 15) is 4.79 Å². The highest BCUT2D eigenvalue weighted by atomic mass is 32.1. The summed E-state index contributed by atoms with van der Waals surface area (Å²) in [5.74, 6) is 1.00. The standard InChI is InChI=1S/C21H26N2O2S/c1-14(2)10-11-25-18-7-5-6-17(13-18)20(24)23-21(26)22-19-12-15(3)8-9-16(19)4/h5-9,12-14H,10-11H2,1-4H3,(H2,22,23,24,26). The number of carbonyl (C=O) groups excluding carboxylic acids is 1. The van der Waals surface area contributed by atoms with Crippen LogP contribution in [0.2, 0.25) is 0 Å². The summed E-state index contributed by atoms with van der Waals surface area (Å²) < 4.78 is 5.71. The van der Waals surface area contributed by atoms with Crippen molar-refractivity contribution in [2.75, 3.05) is 11.9 Å². The molecule has 0 bridgehead atoms. The van der Waals surface area contributed by atoms with Crippen molar-refractivity contribution in [3.05, 3.63) is 59.2 Å². The van der Waals surface area contributed by atoms with Gasteiger partial charge in [-0.15, -0.1) is 0 Å². The van der Waals surface area contributed by atoms with Crippen molar-refractivity contribution < 1.29 is 9.53 Å². The van der Waals surface area contributed by atoms with Gasteiger partial charge in [-0.3, -0.25) is 10.1 Å². The van der Waals surface area contributed by atoms with Gasteiger partial charge in [0.15, 0.2) is 5.11 Å². The predicted octanol–water partition coefficient (Wildman–Crippen LogP) is 4.86. The van der Waals surface area contributed by atoms with E-state index in [0.29, 0.717) is 23.8 Å². The summed E-state index contributed by atoms with van der Waals surface area (Å²) in [4.78, 5) is 12.4. The van der Waals surface area contributed by atoms with Crippen molar-refractivity contribution in [3.8, 4) is 5.75 Å². The third-order valence-electron chi connectivity index (χ3n) is 3.93. The number of thiocarbonyl (C=S) groups is 1. The van der Waals surface area contributed by atoms with Crippen LogP contribution in [0.25, 0.3) is 0 Å². The van der Waals surface area contributed by atoms with Crippen LogP contribution in [-0.4, -0.2) is 17.6 Å². The lowest BCUT2D eigenvalue weighted by molar-refractivity contribution is 0.0977. The number of hydrogen-bond acceptors (Lipinski definition) is 3. The second-order valence-electron chi connectivity index (χ2n) is 6.79. The first-order valence-electron chi connectivity index (χ1n) is 8.77. The quantitative estimate of drug-likeness (QED) is 0.713. The number of hydrogen-bond donors (Lipinski definition) is 2. The number of ether oxygens (including phenoxy) is 1. The minimum Gasteiger partial charge on any atom is -0.494 e. The lowest BCUT2D eigenvalue weighted by Crippen LogP contribution is -2.34. The van der Waals surface area contributed by atoms with Crippen LogP contribution in [-0.2, 0) is 0 Å². The molecule has 138 valence electrons. The lowest BCUT2D eigenvalue weighted by atomic mass is 10.1. The molecule has 0 aromatic heterocycles. The van der Waals surface area contributed by atoms with Crippen LogP contribution in [0.5, 0.6) is 5.75 Å². The normalized spacial score (nSPS) is 10.5. The van der Waals surface area contributed by atoms with Crippen LogP contribution in [0, 0.1) is 19.8 Å². The molecule has 0 atom stereocenters. The second-order valence-corrected chi connectivity index (χ2v) is 7.19. The highest BCUT2D eigenvalue weighted by Crippen LogP contribution is 2.17. The highest BCUT2D eigenvalue weighted by Gasteiger charge is 2.10. The minimum absolute atomic E-state index is 0.262. The van der Waals surface area contributed by atoms with Gasteiger partial charge in [0.05, 0.1) is 6.61 Å². The van der Waals surface area contributed by atoms with Gasteiger partial charge in [0, 0.05) is 11.3 Å². The molecule has 0 radical (unpaired) electrons. The molecule has 2 aromatic carbocycles. The molecule has 0 fully saturated rings. The third kappa shape index (κ3) is 6.15. The Hall–Kier alpha value is -2.40. The van der Waals surface area contributed by atoms with Crippen molar-refractivity contribution in [2.24, 2.45) is 5.92 Å². The Morgan fingerprint density at radius 1 is 1.15 bits per heavy atom. The zero-order valence-corrected chi connectivity index (χ0v) is 16.6. The van der Waals surface area contributed by atoms with E-state index >= 15 is 0 Å². The average Bonchev–Trinajstić information content (AvgIpc) is 2.58. The Morgan fingerprint density at radius 3 is 2.65 bits per heavy atom. The molecule has 0 saturated carbocycles. The first kappa shape index (κ1) is 19.9. The maximum absolute atomic E-state index is 12.4. The van der Waals surface area contributed by atoms with Gasteiger partial charge in [-0.1, -0.05) is 32.0 Å². The van der Waals surface area contributed by atoms with Crippen molar-refractivity contribution in [2.45, 2.75) is 34.1 Å². The Bertz CT molecular complexity index is 787. The molecule has 0 heterocycles. The smallest absolute Gasteiger partial charge is 0.257 e. The van der Waals surface area contributed by atoms with Crippen LogP contribution in [0.15, 0.2) is 42.5 Å². The van der Waals surface area contributed by atoms with Gasteiger partial charge in [0.25, 0.3) is 5.91 Å². The fraction of sp³-hybridized carbons (Fsp3) is 0.333. The fourth-order valence-electron chi connectivity index (χ4n) is 2.34. The van der Waals surface area contributed by atoms with E-state index in [0.717, 1.165) is 23.2 Å². The van der Waals surface area contributed by atoms with Gasteiger partial charge < -0.3 is 10.1 Å². The molecule has 0 spiro atoms. The number of rotatable bonds is 6. The van der Waals surface area contributed by atoms with Gasteiger partial charge >= 0.3 is 0 Å². The molecule has 0 unspecified atom stereocenters. The topological polar surface area (TPSA) is 50.4 Å². The summed E-state index contributed by atoms with van der Waals surface area (Å²) in [6.07, 6.45) is 0.972. The molecule has 0 saturated heterocycles. The largest absolute Gasteiger partial charge is 0.494 e. The SMILES string of the molecule is Cc1ccc(C)c(NC(=S)NC(=O)c2cccc(OCCC(C)C)c2)c1. The maximum Gasteiger partial charge on any atom is 0.257 e. The summed E-state index contributed by atoms with van der Waals surface area (Å²) in [7, 11) is 0. The first-order valence-corrected chi connectivity index (χ1v) is 9.18. The van der Waals surface area contributed by atoms with E-state index in [-0.39, 0.29) is 11.0 Å². The number of anilines is 1. The van der Waals surface area contributed by atoms with Crippen LogP contribution in [0.1, 0.15) is 41.8 Å². The Labute approximate surface area is 161 Å². The molecule has 26 heavy (non-hydrogen) atoms. The lowest BCUT2D eigenvalue weighted by Gasteiger charge is -2.13. The summed E-state index contributed by atoms with van der Waals surface area (Å²) in [5, 5.41) is 6.07. The van der Waals surface area contributed by atoms with Crippen molar-refractivity contribution >= 4 is 28.9 Å². The predicted molar refractivity (Wildman–Crippen MR) is 111 cm³/mol. The van der Waals surface area contributed by atoms with Gasteiger partial charge in [-0.2, -0.15) is 0 Å². The van der Waals surface area contributed by atoms with E-state index in [1.54, 1.807) is 18.2 Å². The van der Waals surface area contributed by atoms with Crippen molar-refractivity contribution in [1.29, 1.82) is 0 Å². The van der Waals surface area contributed by atoms with Crippen LogP contribution < -0.4 is 15.4 Å². The zero-order chi connectivity index (χ0) is 19.1. The van der Waals surface area contributed by atoms with Crippen molar-refractivity contribution in [3.63, 3.8) is 0 Å². The molecular formula is C21H26N2O2S. The summed E-state index contributed by atoms with van der Waals surface area (Å²) in [5.41, 5.74) is 3.59.